The summed E-state index contributed by atoms with van der Waals surface area (Å²) in [6.45, 7) is 0.451. The normalized spacial score (nSPS) is 17.3. The molecule has 1 aromatic heterocycles. The minimum atomic E-state index is -0.133. The van der Waals surface area contributed by atoms with Gasteiger partial charge in [0, 0.05) is 35.6 Å². The van der Waals surface area contributed by atoms with Crippen molar-refractivity contribution in [3.8, 4) is 23.0 Å². The monoisotopic (exact) mass is 354 g/mol. The third-order valence-electron chi connectivity index (χ3n) is 4.75. The van der Waals surface area contributed by atoms with Crippen LogP contribution >= 0.6 is 0 Å². The molecule has 0 aliphatic carbocycles. The van der Waals surface area contributed by atoms with Crippen LogP contribution in [0.25, 0.3) is 10.9 Å². The molecule has 136 valence electrons. The lowest BCUT2D eigenvalue weighted by Gasteiger charge is -2.28. The molecule has 6 nitrogen and oxygen atoms in total. The van der Waals surface area contributed by atoms with Crippen LogP contribution in [-0.4, -0.2) is 33.9 Å². The molecule has 4 rings (SSSR count). The SMILES string of the molecule is NC(CCc1c[nH]c2ccc(O)cc12)CC1COc2ccc(O)cc2O1. The molecule has 0 saturated carbocycles. The van der Waals surface area contributed by atoms with Gasteiger partial charge in [-0.1, -0.05) is 0 Å². The molecule has 0 bridgehead atoms. The van der Waals surface area contributed by atoms with Gasteiger partial charge in [-0.15, -0.1) is 0 Å². The van der Waals surface area contributed by atoms with E-state index >= 15 is 0 Å². The van der Waals surface area contributed by atoms with Crippen molar-refractivity contribution in [3.63, 3.8) is 0 Å². The standard InChI is InChI=1S/C20H22N2O4/c21-13(2-1-12-10-22-18-5-3-14(23)8-17(12)18)7-16-11-25-19-6-4-15(24)9-20(19)26-16/h3-6,8-10,13,16,22-24H,1-2,7,11,21H2. The summed E-state index contributed by atoms with van der Waals surface area (Å²) in [5.74, 6) is 1.61. The molecule has 26 heavy (non-hydrogen) atoms. The van der Waals surface area contributed by atoms with Crippen molar-refractivity contribution < 1.29 is 19.7 Å². The average Bonchev–Trinajstić information content (AvgIpc) is 3.01. The molecule has 6 heteroatoms. The van der Waals surface area contributed by atoms with Crippen LogP contribution in [0, 0.1) is 0 Å². The highest BCUT2D eigenvalue weighted by molar-refractivity contribution is 5.84. The van der Waals surface area contributed by atoms with Gasteiger partial charge in [-0.2, -0.15) is 0 Å². The number of phenolic OH excluding ortho intramolecular Hbond substituents is 2. The van der Waals surface area contributed by atoms with E-state index in [0.29, 0.717) is 24.5 Å². The molecule has 0 spiro atoms. The lowest BCUT2D eigenvalue weighted by atomic mass is 10.0. The van der Waals surface area contributed by atoms with Crippen LogP contribution in [0.4, 0.5) is 0 Å². The third-order valence-corrected chi connectivity index (χ3v) is 4.75. The number of aryl methyl sites for hydroxylation is 1. The van der Waals surface area contributed by atoms with Crippen molar-refractivity contribution >= 4 is 10.9 Å². The van der Waals surface area contributed by atoms with Gasteiger partial charge in [-0.25, -0.2) is 0 Å². The number of rotatable bonds is 5. The number of nitrogens with two attached hydrogens (primary N) is 1. The van der Waals surface area contributed by atoms with Gasteiger partial charge in [0.25, 0.3) is 0 Å². The Kier molecular flexibility index (Phi) is 4.34. The molecule has 2 aromatic carbocycles. The summed E-state index contributed by atoms with van der Waals surface area (Å²) in [5, 5.41) is 20.3. The van der Waals surface area contributed by atoms with Gasteiger partial charge in [-0.3, -0.25) is 0 Å². The van der Waals surface area contributed by atoms with Gasteiger partial charge in [0.2, 0.25) is 0 Å². The molecule has 1 aliphatic rings. The number of nitrogens with one attached hydrogen (secondary N) is 1. The third kappa shape index (κ3) is 3.41. The quantitative estimate of drug-likeness (QED) is 0.564. The van der Waals surface area contributed by atoms with Crippen molar-refractivity contribution in [2.45, 2.75) is 31.4 Å². The Balaban J connectivity index is 1.35. The molecule has 2 unspecified atom stereocenters. The second-order valence-corrected chi connectivity index (χ2v) is 6.76. The van der Waals surface area contributed by atoms with Gasteiger partial charge >= 0.3 is 0 Å². The maximum atomic E-state index is 9.68. The summed E-state index contributed by atoms with van der Waals surface area (Å²) in [6, 6.07) is 10.1. The zero-order valence-corrected chi connectivity index (χ0v) is 14.3. The number of aromatic amines is 1. The number of aromatic hydroxyl groups is 2. The summed E-state index contributed by atoms with van der Waals surface area (Å²) in [6.07, 6.45) is 4.12. The summed E-state index contributed by atoms with van der Waals surface area (Å²) < 4.78 is 11.6. The molecule has 3 aromatic rings. The van der Waals surface area contributed by atoms with Crippen molar-refractivity contribution in [2.75, 3.05) is 6.61 Å². The Morgan fingerprint density at radius 2 is 1.92 bits per heavy atom. The Morgan fingerprint density at radius 3 is 2.81 bits per heavy atom. The number of phenols is 2. The topological polar surface area (TPSA) is 101 Å². The number of fused-ring (bicyclic) bond motifs is 2. The fraction of sp³-hybridized carbons (Fsp3) is 0.300. The smallest absolute Gasteiger partial charge is 0.165 e. The van der Waals surface area contributed by atoms with Crippen LogP contribution in [0.15, 0.2) is 42.6 Å². The van der Waals surface area contributed by atoms with Crippen molar-refractivity contribution in [2.24, 2.45) is 5.73 Å². The molecular formula is C20H22N2O4. The lowest BCUT2D eigenvalue weighted by Crippen LogP contribution is -2.36. The second kappa shape index (κ2) is 6.80. The fourth-order valence-electron chi connectivity index (χ4n) is 3.39. The van der Waals surface area contributed by atoms with E-state index in [2.05, 4.69) is 4.98 Å². The number of benzene rings is 2. The van der Waals surface area contributed by atoms with Crippen molar-refractivity contribution in [1.29, 1.82) is 0 Å². The van der Waals surface area contributed by atoms with E-state index in [0.717, 1.165) is 29.3 Å². The Morgan fingerprint density at radius 1 is 1.12 bits per heavy atom. The zero-order chi connectivity index (χ0) is 18.1. The minimum Gasteiger partial charge on any atom is -0.508 e. The molecule has 2 atom stereocenters. The first-order chi connectivity index (χ1) is 12.6. The first-order valence-electron chi connectivity index (χ1n) is 8.75. The molecule has 0 amide bonds. The van der Waals surface area contributed by atoms with Gasteiger partial charge in [-0.05, 0) is 48.7 Å². The summed E-state index contributed by atoms with van der Waals surface area (Å²) in [7, 11) is 0. The zero-order valence-electron chi connectivity index (χ0n) is 14.3. The van der Waals surface area contributed by atoms with E-state index in [9.17, 15) is 10.2 Å². The fourth-order valence-corrected chi connectivity index (χ4v) is 3.39. The van der Waals surface area contributed by atoms with Gasteiger partial charge < -0.3 is 30.4 Å². The highest BCUT2D eigenvalue weighted by Gasteiger charge is 2.23. The molecule has 2 heterocycles. The van der Waals surface area contributed by atoms with Crippen LogP contribution < -0.4 is 15.2 Å². The van der Waals surface area contributed by atoms with E-state index in [4.69, 9.17) is 15.2 Å². The maximum Gasteiger partial charge on any atom is 0.165 e. The molecule has 0 saturated heterocycles. The largest absolute Gasteiger partial charge is 0.508 e. The minimum absolute atomic E-state index is 0.0373. The average molecular weight is 354 g/mol. The number of hydrogen-bond acceptors (Lipinski definition) is 5. The maximum absolute atomic E-state index is 9.68. The lowest BCUT2D eigenvalue weighted by molar-refractivity contribution is 0.0788. The summed E-state index contributed by atoms with van der Waals surface area (Å²) >= 11 is 0. The number of ether oxygens (including phenoxy) is 2. The highest BCUT2D eigenvalue weighted by Crippen LogP contribution is 2.35. The van der Waals surface area contributed by atoms with Crippen LogP contribution in [0.3, 0.4) is 0 Å². The Labute approximate surface area is 151 Å². The van der Waals surface area contributed by atoms with Gasteiger partial charge in [0.05, 0.1) is 0 Å². The van der Waals surface area contributed by atoms with Gasteiger partial charge in [0.1, 0.15) is 24.2 Å². The van der Waals surface area contributed by atoms with E-state index in [1.165, 1.54) is 0 Å². The molecule has 0 fully saturated rings. The number of hydrogen-bond donors (Lipinski definition) is 4. The van der Waals surface area contributed by atoms with Crippen LogP contribution in [0.2, 0.25) is 0 Å². The number of H-pyrrole nitrogens is 1. The number of aromatic nitrogens is 1. The first kappa shape index (κ1) is 16.6. The predicted molar refractivity (Wildman–Crippen MR) is 98.9 cm³/mol. The van der Waals surface area contributed by atoms with Crippen molar-refractivity contribution in [3.05, 3.63) is 48.2 Å². The predicted octanol–water partition coefficient (Wildman–Crippen LogP) is 3.07. The first-order valence-corrected chi connectivity index (χ1v) is 8.75. The summed E-state index contributed by atoms with van der Waals surface area (Å²) in [4.78, 5) is 3.22. The summed E-state index contributed by atoms with van der Waals surface area (Å²) in [5.41, 5.74) is 8.45. The van der Waals surface area contributed by atoms with Crippen LogP contribution in [-0.2, 0) is 6.42 Å². The van der Waals surface area contributed by atoms with Crippen molar-refractivity contribution in [1.82, 2.24) is 4.98 Å². The molecular weight excluding hydrogens is 332 g/mol. The van der Waals surface area contributed by atoms with E-state index in [1.807, 2.05) is 12.3 Å². The van der Waals surface area contributed by atoms with Crippen LogP contribution in [0.1, 0.15) is 18.4 Å². The second-order valence-electron chi connectivity index (χ2n) is 6.76. The van der Waals surface area contributed by atoms with Crippen LogP contribution in [0.5, 0.6) is 23.0 Å². The van der Waals surface area contributed by atoms with E-state index in [-0.39, 0.29) is 23.6 Å². The highest BCUT2D eigenvalue weighted by atomic mass is 16.6. The van der Waals surface area contributed by atoms with Gasteiger partial charge in [0.15, 0.2) is 11.5 Å². The van der Waals surface area contributed by atoms with E-state index < -0.39 is 0 Å². The molecule has 1 aliphatic heterocycles. The Bertz CT molecular complexity index is 921. The van der Waals surface area contributed by atoms with E-state index in [1.54, 1.807) is 30.3 Å². The Hall–Kier alpha value is -2.86. The molecule has 0 radical (unpaired) electrons. The molecule has 5 N–H and O–H groups in total.